The van der Waals surface area contributed by atoms with E-state index in [2.05, 4.69) is 24.5 Å². The van der Waals surface area contributed by atoms with Crippen molar-refractivity contribution in [1.82, 2.24) is 10.2 Å². The molecule has 152 valence electrons. The molecule has 4 rings (SSSR count). The number of benzene rings is 1. The SMILES string of the molecule is CC[C@@H](C)c1ccc(NC(=O)CN2C(=O)N[C@@]3(CCCc4sccc43)C2=O)cc1. The van der Waals surface area contributed by atoms with E-state index in [-0.39, 0.29) is 18.4 Å². The second-order valence-corrected chi connectivity index (χ2v) is 8.82. The highest BCUT2D eigenvalue weighted by molar-refractivity contribution is 7.10. The summed E-state index contributed by atoms with van der Waals surface area (Å²) in [4.78, 5) is 40.4. The molecule has 0 unspecified atom stereocenters. The van der Waals surface area contributed by atoms with Gasteiger partial charge in [0.25, 0.3) is 5.91 Å². The lowest BCUT2D eigenvalue weighted by Crippen LogP contribution is -2.46. The zero-order valence-electron chi connectivity index (χ0n) is 16.7. The van der Waals surface area contributed by atoms with Crippen molar-refractivity contribution in [3.05, 3.63) is 51.7 Å². The monoisotopic (exact) mass is 411 g/mol. The smallest absolute Gasteiger partial charge is 0.325 e. The van der Waals surface area contributed by atoms with Gasteiger partial charge in [0, 0.05) is 16.1 Å². The van der Waals surface area contributed by atoms with Gasteiger partial charge in [-0.1, -0.05) is 26.0 Å². The number of carbonyl (C=O) groups is 3. The number of anilines is 1. The molecule has 1 aromatic carbocycles. The fourth-order valence-electron chi connectivity index (χ4n) is 4.16. The van der Waals surface area contributed by atoms with Crippen LogP contribution in [0.2, 0.25) is 0 Å². The fraction of sp³-hybridized carbons (Fsp3) is 0.409. The number of nitrogens with zero attached hydrogens (tertiary/aromatic N) is 1. The molecule has 1 saturated heterocycles. The molecule has 0 bridgehead atoms. The number of fused-ring (bicyclic) bond motifs is 2. The summed E-state index contributed by atoms with van der Waals surface area (Å²) in [5.41, 5.74) is 1.74. The van der Waals surface area contributed by atoms with Crippen LogP contribution in [0.5, 0.6) is 0 Å². The van der Waals surface area contributed by atoms with Gasteiger partial charge in [-0.3, -0.25) is 14.5 Å². The van der Waals surface area contributed by atoms with Crippen LogP contribution in [0, 0.1) is 0 Å². The van der Waals surface area contributed by atoms with Crippen LogP contribution in [0.1, 0.15) is 55.0 Å². The molecule has 4 amide bonds. The molecule has 1 fully saturated rings. The van der Waals surface area contributed by atoms with E-state index in [1.165, 1.54) is 5.56 Å². The van der Waals surface area contributed by atoms with Crippen molar-refractivity contribution in [3.63, 3.8) is 0 Å². The van der Waals surface area contributed by atoms with E-state index in [0.717, 1.165) is 34.6 Å². The molecule has 1 spiro atoms. The van der Waals surface area contributed by atoms with E-state index in [4.69, 9.17) is 0 Å². The minimum Gasteiger partial charge on any atom is -0.325 e. The number of carbonyl (C=O) groups excluding carboxylic acids is 3. The van der Waals surface area contributed by atoms with Crippen molar-refractivity contribution < 1.29 is 14.4 Å². The van der Waals surface area contributed by atoms with Crippen LogP contribution in [-0.4, -0.2) is 29.3 Å². The average molecular weight is 412 g/mol. The van der Waals surface area contributed by atoms with Crippen LogP contribution in [0.25, 0.3) is 0 Å². The number of hydrogen-bond donors (Lipinski definition) is 2. The van der Waals surface area contributed by atoms with Crippen molar-refractivity contribution in [2.24, 2.45) is 0 Å². The van der Waals surface area contributed by atoms with Gasteiger partial charge < -0.3 is 10.6 Å². The first-order valence-electron chi connectivity index (χ1n) is 10.1. The van der Waals surface area contributed by atoms with Crippen molar-refractivity contribution >= 4 is 34.9 Å². The van der Waals surface area contributed by atoms with Gasteiger partial charge in [-0.15, -0.1) is 11.3 Å². The Morgan fingerprint density at radius 1 is 1.28 bits per heavy atom. The summed E-state index contributed by atoms with van der Waals surface area (Å²) in [6.45, 7) is 4.00. The second kappa shape index (κ2) is 7.63. The highest BCUT2D eigenvalue weighted by atomic mass is 32.1. The van der Waals surface area contributed by atoms with Gasteiger partial charge in [0.1, 0.15) is 12.1 Å². The predicted molar refractivity (Wildman–Crippen MR) is 113 cm³/mol. The topological polar surface area (TPSA) is 78.5 Å². The van der Waals surface area contributed by atoms with Crippen LogP contribution in [0.3, 0.4) is 0 Å². The van der Waals surface area contributed by atoms with Gasteiger partial charge in [-0.25, -0.2) is 4.79 Å². The molecule has 2 atom stereocenters. The third kappa shape index (κ3) is 3.44. The Balaban J connectivity index is 1.46. The average Bonchev–Trinajstić information content (AvgIpc) is 3.29. The van der Waals surface area contributed by atoms with Crippen molar-refractivity contribution in [2.45, 2.75) is 51.0 Å². The number of rotatable bonds is 5. The molecule has 6 nitrogen and oxygen atoms in total. The quantitative estimate of drug-likeness (QED) is 0.731. The van der Waals surface area contributed by atoms with E-state index in [1.807, 2.05) is 35.7 Å². The molecule has 2 aliphatic rings. The Labute approximate surface area is 174 Å². The van der Waals surface area contributed by atoms with Crippen molar-refractivity contribution in [3.8, 4) is 0 Å². The summed E-state index contributed by atoms with van der Waals surface area (Å²) in [6.07, 6.45) is 3.37. The van der Waals surface area contributed by atoms with Gasteiger partial charge in [0.2, 0.25) is 5.91 Å². The second-order valence-electron chi connectivity index (χ2n) is 7.82. The minimum atomic E-state index is -1.01. The Kier molecular flexibility index (Phi) is 5.17. The first-order valence-corrected chi connectivity index (χ1v) is 10.9. The van der Waals surface area contributed by atoms with Crippen LogP contribution in [-0.2, 0) is 21.5 Å². The maximum atomic E-state index is 13.2. The summed E-state index contributed by atoms with van der Waals surface area (Å²) in [5, 5.41) is 7.61. The number of thiophene rings is 1. The van der Waals surface area contributed by atoms with Crippen molar-refractivity contribution in [1.29, 1.82) is 0 Å². The lowest BCUT2D eigenvalue weighted by molar-refractivity contribution is -0.134. The van der Waals surface area contributed by atoms with Gasteiger partial charge in [-0.2, -0.15) is 0 Å². The summed E-state index contributed by atoms with van der Waals surface area (Å²) in [7, 11) is 0. The number of hydrogen-bond acceptors (Lipinski definition) is 4. The molecule has 0 radical (unpaired) electrons. The normalized spacial score (nSPS) is 21.8. The zero-order valence-corrected chi connectivity index (χ0v) is 17.5. The van der Waals surface area contributed by atoms with Gasteiger partial charge in [0.15, 0.2) is 0 Å². The molecule has 2 aromatic rings. The van der Waals surface area contributed by atoms with Crippen molar-refractivity contribution in [2.75, 3.05) is 11.9 Å². The molecule has 1 aromatic heterocycles. The van der Waals surface area contributed by atoms with E-state index in [0.29, 0.717) is 18.0 Å². The predicted octanol–water partition coefficient (Wildman–Crippen LogP) is 3.98. The molecule has 7 heteroatoms. The molecule has 2 heterocycles. The number of imide groups is 1. The van der Waals surface area contributed by atoms with Crippen LogP contribution >= 0.6 is 11.3 Å². The van der Waals surface area contributed by atoms with Crippen LogP contribution in [0.4, 0.5) is 10.5 Å². The van der Waals surface area contributed by atoms with Crippen LogP contribution < -0.4 is 10.6 Å². The largest absolute Gasteiger partial charge is 0.325 e. The minimum absolute atomic E-state index is 0.293. The summed E-state index contributed by atoms with van der Waals surface area (Å²) in [5.74, 6) is -0.258. The summed E-state index contributed by atoms with van der Waals surface area (Å²) < 4.78 is 0. The Morgan fingerprint density at radius 2 is 2.03 bits per heavy atom. The number of aryl methyl sites for hydroxylation is 1. The number of nitrogens with one attached hydrogen (secondary N) is 2. The van der Waals surface area contributed by atoms with E-state index in [9.17, 15) is 14.4 Å². The van der Waals surface area contributed by atoms with E-state index < -0.39 is 11.6 Å². The third-order valence-electron chi connectivity index (χ3n) is 6.01. The van der Waals surface area contributed by atoms with E-state index >= 15 is 0 Å². The zero-order chi connectivity index (χ0) is 20.6. The van der Waals surface area contributed by atoms with Gasteiger partial charge >= 0.3 is 6.03 Å². The molecule has 29 heavy (non-hydrogen) atoms. The Bertz CT molecular complexity index is 952. The highest BCUT2D eigenvalue weighted by Gasteiger charge is 2.54. The Hall–Kier alpha value is -2.67. The first-order chi connectivity index (χ1) is 13.9. The Morgan fingerprint density at radius 3 is 2.76 bits per heavy atom. The molecule has 2 N–H and O–H groups in total. The number of urea groups is 1. The summed E-state index contributed by atoms with van der Waals surface area (Å²) >= 11 is 1.61. The first kappa shape index (κ1) is 19.6. The summed E-state index contributed by atoms with van der Waals surface area (Å²) in [6, 6.07) is 9.10. The fourth-order valence-corrected chi connectivity index (χ4v) is 5.16. The highest BCUT2D eigenvalue weighted by Crippen LogP contribution is 2.42. The van der Waals surface area contributed by atoms with E-state index in [1.54, 1.807) is 11.3 Å². The molecule has 1 aliphatic heterocycles. The number of amides is 4. The molecular weight excluding hydrogens is 386 g/mol. The maximum absolute atomic E-state index is 13.2. The van der Waals surface area contributed by atoms with Crippen LogP contribution in [0.15, 0.2) is 35.7 Å². The molecule has 0 saturated carbocycles. The lowest BCUT2D eigenvalue weighted by Gasteiger charge is -2.31. The molecule has 1 aliphatic carbocycles. The van der Waals surface area contributed by atoms with Gasteiger partial charge in [-0.05, 0) is 60.7 Å². The standard InChI is InChI=1S/C22H25N3O3S/c1-3-14(2)15-6-8-16(9-7-15)23-19(26)13-25-20(27)22(24-21(25)28)11-4-5-18-17(22)10-12-29-18/h6-10,12,14H,3-5,11,13H2,1-2H3,(H,23,26)(H,24,28)/t14-,22-/m1/s1. The maximum Gasteiger partial charge on any atom is 0.325 e. The third-order valence-corrected chi connectivity index (χ3v) is 6.99. The molecular formula is C22H25N3O3S. The van der Waals surface area contributed by atoms with Gasteiger partial charge in [0.05, 0.1) is 0 Å². The lowest BCUT2D eigenvalue weighted by atomic mass is 9.80.